The Hall–Kier alpha value is -2.18. The van der Waals surface area contributed by atoms with Crippen molar-refractivity contribution >= 4 is 17.5 Å². The predicted molar refractivity (Wildman–Crippen MR) is 114 cm³/mol. The number of hydrogen-bond donors (Lipinski definition) is 1. The zero-order valence-electron chi connectivity index (χ0n) is 17.2. The highest BCUT2D eigenvalue weighted by atomic mass is 16.5. The molecular formula is C23H30N4O2. The molecule has 1 aromatic carbocycles. The molecule has 6 nitrogen and oxygen atoms in total. The van der Waals surface area contributed by atoms with Gasteiger partial charge in [-0.2, -0.15) is 4.98 Å². The Morgan fingerprint density at radius 3 is 2.66 bits per heavy atom. The number of ether oxygens (including phenoxy) is 2. The van der Waals surface area contributed by atoms with Gasteiger partial charge in [-0.1, -0.05) is 31.4 Å². The molecule has 1 N–H and O–H groups in total. The Labute approximate surface area is 172 Å². The zero-order chi connectivity index (χ0) is 19.6. The van der Waals surface area contributed by atoms with Crippen LogP contribution in [0.5, 0.6) is 0 Å². The fourth-order valence-corrected chi connectivity index (χ4v) is 4.69. The van der Waals surface area contributed by atoms with Gasteiger partial charge in [0.05, 0.1) is 31.6 Å². The lowest BCUT2D eigenvalue weighted by Crippen LogP contribution is -2.42. The quantitative estimate of drug-likeness (QED) is 0.823. The molecule has 2 aromatic rings. The Bertz CT molecular complexity index is 849. The number of morpholine rings is 1. The summed E-state index contributed by atoms with van der Waals surface area (Å²) in [6.45, 7) is 5.56. The first-order valence-corrected chi connectivity index (χ1v) is 11.0. The number of fused-ring (bicyclic) bond motifs is 1. The highest BCUT2D eigenvalue weighted by Crippen LogP contribution is 2.34. The van der Waals surface area contributed by atoms with Gasteiger partial charge in [0.2, 0.25) is 5.95 Å². The maximum Gasteiger partial charge on any atom is 0.227 e. The predicted octanol–water partition coefficient (Wildman–Crippen LogP) is 4.52. The summed E-state index contributed by atoms with van der Waals surface area (Å²) < 4.78 is 11.3. The lowest BCUT2D eigenvalue weighted by molar-refractivity contribution is 0.0526. The molecule has 1 atom stereocenters. The fraction of sp³-hybridized carbons (Fsp3) is 0.565. The van der Waals surface area contributed by atoms with E-state index in [4.69, 9.17) is 19.4 Å². The van der Waals surface area contributed by atoms with Crippen molar-refractivity contribution in [1.29, 1.82) is 0 Å². The number of anilines is 3. The first kappa shape index (κ1) is 18.8. The second-order valence-electron chi connectivity index (χ2n) is 8.50. The molecule has 0 bridgehead atoms. The maximum absolute atomic E-state index is 5.67. The highest BCUT2D eigenvalue weighted by Gasteiger charge is 2.25. The number of rotatable bonds is 4. The Balaban J connectivity index is 1.37. The highest BCUT2D eigenvalue weighted by molar-refractivity contribution is 5.62. The van der Waals surface area contributed by atoms with Crippen LogP contribution in [0.2, 0.25) is 0 Å². The molecule has 1 aromatic heterocycles. The molecule has 0 spiro atoms. The van der Waals surface area contributed by atoms with E-state index >= 15 is 0 Å². The number of benzene rings is 1. The Morgan fingerprint density at radius 1 is 1.03 bits per heavy atom. The van der Waals surface area contributed by atoms with Gasteiger partial charge >= 0.3 is 0 Å². The molecule has 2 aliphatic heterocycles. The number of nitrogens with zero attached hydrogens (tertiary/aromatic N) is 3. The van der Waals surface area contributed by atoms with Crippen LogP contribution in [0.1, 0.15) is 61.8 Å². The third kappa shape index (κ3) is 4.09. The molecule has 154 valence electrons. The van der Waals surface area contributed by atoms with Crippen LogP contribution in [0.15, 0.2) is 24.3 Å². The van der Waals surface area contributed by atoms with Gasteiger partial charge in [-0.15, -0.1) is 0 Å². The van der Waals surface area contributed by atoms with E-state index in [-0.39, 0.29) is 6.10 Å². The molecule has 0 amide bonds. The average Bonchev–Trinajstić information content (AvgIpc) is 3.24. The summed E-state index contributed by atoms with van der Waals surface area (Å²) in [5.74, 6) is 2.36. The van der Waals surface area contributed by atoms with Crippen LogP contribution in [0.25, 0.3) is 0 Å². The summed E-state index contributed by atoms with van der Waals surface area (Å²) in [6.07, 6.45) is 6.96. The minimum atomic E-state index is 0.195. The molecule has 29 heavy (non-hydrogen) atoms. The minimum Gasteiger partial charge on any atom is -0.375 e. The van der Waals surface area contributed by atoms with E-state index in [0.29, 0.717) is 19.8 Å². The molecule has 1 saturated heterocycles. The van der Waals surface area contributed by atoms with Crippen LogP contribution in [0.3, 0.4) is 0 Å². The molecule has 1 saturated carbocycles. The third-order valence-electron chi connectivity index (χ3n) is 6.34. The molecule has 0 radical (unpaired) electrons. The summed E-state index contributed by atoms with van der Waals surface area (Å²) in [5, 5.41) is 3.54. The summed E-state index contributed by atoms with van der Waals surface area (Å²) in [6, 6.07) is 8.93. The molecule has 5 rings (SSSR count). The lowest BCUT2D eigenvalue weighted by Gasteiger charge is -2.31. The third-order valence-corrected chi connectivity index (χ3v) is 6.34. The van der Waals surface area contributed by atoms with E-state index in [9.17, 15) is 0 Å². The average molecular weight is 395 g/mol. The summed E-state index contributed by atoms with van der Waals surface area (Å²) in [4.78, 5) is 11.9. The van der Waals surface area contributed by atoms with E-state index < -0.39 is 0 Å². The van der Waals surface area contributed by atoms with Gasteiger partial charge in [-0.3, -0.25) is 0 Å². The monoisotopic (exact) mass is 394 g/mol. The minimum absolute atomic E-state index is 0.195. The standard InChI is InChI=1S/C23H30N4O2/c1-16-13-27(11-12-29-16)23-25-21-15-28-14-20(21)22(26-23)24-19-9-7-18(8-10-19)17-5-3-2-4-6-17/h7-10,16-17H,2-6,11-15H2,1H3,(H,24,25,26)/t16-/m1/s1. The van der Waals surface area contributed by atoms with Crippen LogP contribution in [-0.4, -0.2) is 35.8 Å². The molecular weight excluding hydrogens is 364 g/mol. The van der Waals surface area contributed by atoms with Crippen molar-refractivity contribution in [2.75, 3.05) is 29.9 Å². The summed E-state index contributed by atoms with van der Waals surface area (Å²) >= 11 is 0. The molecule has 1 aliphatic carbocycles. The van der Waals surface area contributed by atoms with Crippen molar-refractivity contribution in [3.05, 3.63) is 41.1 Å². The van der Waals surface area contributed by atoms with Crippen molar-refractivity contribution < 1.29 is 9.47 Å². The number of hydrogen-bond acceptors (Lipinski definition) is 6. The van der Waals surface area contributed by atoms with E-state index in [1.807, 2.05) is 0 Å². The van der Waals surface area contributed by atoms with Crippen molar-refractivity contribution in [1.82, 2.24) is 9.97 Å². The van der Waals surface area contributed by atoms with Gasteiger partial charge in [0.25, 0.3) is 0 Å². The van der Waals surface area contributed by atoms with Gasteiger partial charge in [-0.25, -0.2) is 4.98 Å². The summed E-state index contributed by atoms with van der Waals surface area (Å²) in [5.41, 5.74) is 4.61. The van der Waals surface area contributed by atoms with E-state index in [1.165, 1.54) is 37.7 Å². The van der Waals surface area contributed by atoms with Crippen molar-refractivity contribution in [2.24, 2.45) is 0 Å². The Kier molecular flexibility index (Phi) is 5.38. The van der Waals surface area contributed by atoms with Gasteiger partial charge in [-0.05, 0) is 43.4 Å². The molecule has 6 heteroatoms. The van der Waals surface area contributed by atoms with Crippen LogP contribution < -0.4 is 10.2 Å². The largest absolute Gasteiger partial charge is 0.375 e. The first-order chi connectivity index (χ1) is 14.3. The molecule has 2 fully saturated rings. The topological polar surface area (TPSA) is 59.5 Å². The fourth-order valence-electron chi connectivity index (χ4n) is 4.69. The van der Waals surface area contributed by atoms with Gasteiger partial charge in [0.1, 0.15) is 5.82 Å². The number of aromatic nitrogens is 2. The van der Waals surface area contributed by atoms with Gasteiger partial charge in [0.15, 0.2) is 0 Å². The molecule has 0 unspecified atom stereocenters. The van der Waals surface area contributed by atoms with Crippen LogP contribution >= 0.6 is 0 Å². The summed E-state index contributed by atoms with van der Waals surface area (Å²) in [7, 11) is 0. The van der Waals surface area contributed by atoms with E-state index in [1.54, 1.807) is 0 Å². The maximum atomic E-state index is 5.67. The molecule has 3 heterocycles. The SMILES string of the molecule is C[C@@H]1CN(c2nc3c(c(Nc4ccc(C5CCCCC5)cc4)n2)COC3)CCO1. The Morgan fingerprint density at radius 2 is 1.86 bits per heavy atom. The first-order valence-electron chi connectivity index (χ1n) is 11.0. The smallest absolute Gasteiger partial charge is 0.227 e. The van der Waals surface area contributed by atoms with Crippen molar-refractivity contribution in [3.8, 4) is 0 Å². The second kappa shape index (κ2) is 8.28. The van der Waals surface area contributed by atoms with E-state index in [0.717, 1.165) is 47.7 Å². The van der Waals surface area contributed by atoms with Crippen molar-refractivity contribution in [2.45, 2.75) is 64.3 Å². The number of nitrogens with one attached hydrogen (secondary N) is 1. The van der Waals surface area contributed by atoms with Crippen LogP contribution in [0, 0.1) is 0 Å². The van der Waals surface area contributed by atoms with Gasteiger partial charge in [0, 0.05) is 24.3 Å². The second-order valence-corrected chi connectivity index (χ2v) is 8.50. The van der Waals surface area contributed by atoms with Gasteiger partial charge < -0.3 is 19.7 Å². The van der Waals surface area contributed by atoms with E-state index in [2.05, 4.69) is 41.4 Å². The van der Waals surface area contributed by atoms with Crippen LogP contribution in [-0.2, 0) is 22.7 Å². The van der Waals surface area contributed by atoms with Crippen molar-refractivity contribution in [3.63, 3.8) is 0 Å². The molecule has 3 aliphatic rings. The van der Waals surface area contributed by atoms with Crippen LogP contribution in [0.4, 0.5) is 17.5 Å². The normalized spacial score (nSPS) is 22.5. The zero-order valence-corrected chi connectivity index (χ0v) is 17.2. The lowest BCUT2D eigenvalue weighted by atomic mass is 9.84.